The third-order valence-electron chi connectivity index (χ3n) is 3.49. The van der Waals surface area contributed by atoms with Gasteiger partial charge in [-0.15, -0.1) is 11.3 Å². The van der Waals surface area contributed by atoms with Crippen molar-refractivity contribution in [2.24, 2.45) is 0 Å². The Morgan fingerprint density at radius 3 is 2.37 bits per heavy atom. The van der Waals surface area contributed by atoms with Crippen LogP contribution in [0, 0.1) is 27.7 Å². The summed E-state index contributed by atoms with van der Waals surface area (Å²) in [4.78, 5) is 4.66. The van der Waals surface area contributed by atoms with E-state index in [-0.39, 0.29) is 6.04 Å². The van der Waals surface area contributed by atoms with Crippen LogP contribution in [-0.2, 0) is 0 Å². The molecule has 0 saturated carbocycles. The molecule has 0 spiro atoms. The summed E-state index contributed by atoms with van der Waals surface area (Å²) in [6, 6.07) is 4.78. The minimum absolute atomic E-state index is 0.211. The van der Waals surface area contributed by atoms with Gasteiger partial charge in [-0.2, -0.15) is 0 Å². The van der Waals surface area contributed by atoms with Gasteiger partial charge >= 0.3 is 0 Å². The van der Waals surface area contributed by atoms with Crippen molar-refractivity contribution in [3.63, 3.8) is 0 Å². The Bertz CT molecular complexity index is 572. The minimum atomic E-state index is 0.211. The third-order valence-corrected chi connectivity index (χ3v) is 4.51. The maximum absolute atomic E-state index is 4.66. The van der Waals surface area contributed by atoms with Gasteiger partial charge in [-0.25, -0.2) is 4.98 Å². The lowest BCUT2D eigenvalue weighted by Crippen LogP contribution is -2.23. The maximum atomic E-state index is 4.66. The van der Waals surface area contributed by atoms with Crippen LogP contribution in [-0.4, -0.2) is 11.5 Å². The van der Waals surface area contributed by atoms with Crippen LogP contribution in [0.1, 0.15) is 45.9 Å². The second-order valence-electron chi connectivity index (χ2n) is 5.11. The highest BCUT2D eigenvalue weighted by molar-refractivity contribution is 7.09. The number of nitrogens with zero attached hydrogens (tertiary/aromatic N) is 1. The van der Waals surface area contributed by atoms with E-state index in [0.29, 0.717) is 0 Å². The number of hydrogen-bond donors (Lipinski definition) is 1. The van der Waals surface area contributed by atoms with Crippen molar-refractivity contribution in [3.8, 4) is 0 Å². The van der Waals surface area contributed by atoms with Crippen molar-refractivity contribution in [2.75, 3.05) is 6.54 Å². The normalized spacial score (nSPS) is 12.7. The summed E-state index contributed by atoms with van der Waals surface area (Å²) in [5, 5.41) is 6.84. The molecule has 1 aromatic carbocycles. The van der Waals surface area contributed by atoms with E-state index in [1.165, 1.54) is 22.3 Å². The first-order valence-corrected chi connectivity index (χ1v) is 7.64. The molecule has 1 N–H and O–H groups in total. The predicted molar refractivity (Wildman–Crippen MR) is 83.0 cm³/mol. The van der Waals surface area contributed by atoms with E-state index in [9.17, 15) is 0 Å². The van der Waals surface area contributed by atoms with Crippen molar-refractivity contribution in [1.29, 1.82) is 0 Å². The molecular formula is C16H22N2S. The number of aryl methyl sites for hydroxylation is 4. The van der Waals surface area contributed by atoms with Crippen molar-refractivity contribution < 1.29 is 0 Å². The molecule has 1 unspecified atom stereocenters. The highest BCUT2D eigenvalue weighted by Gasteiger charge is 2.18. The van der Waals surface area contributed by atoms with Gasteiger partial charge in [0.15, 0.2) is 0 Å². The van der Waals surface area contributed by atoms with Crippen LogP contribution in [0.15, 0.2) is 17.5 Å². The average molecular weight is 274 g/mol. The number of hydrogen-bond acceptors (Lipinski definition) is 3. The molecule has 0 saturated heterocycles. The predicted octanol–water partition coefficient (Wildman–Crippen LogP) is 4.08. The molecule has 1 heterocycles. The number of benzene rings is 1. The van der Waals surface area contributed by atoms with Crippen LogP contribution in [0.5, 0.6) is 0 Å². The minimum Gasteiger partial charge on any atom is -0.305 e. The highest BCUT2D eigenvalue weighted by Crippen LogP contribution is 2.29. The second-order valence-corrected chi connectivity index (χ2v) is 6.00. The lowest BCUT2D eigenvalue weighted by molar-refractivity contribution is 0.622. The quantitative estimate of drug-likeness (QED) is 0.909. The fourth-order valence-corrected chi connectivity index (χ4v) is 3.22. The van der Waals surface area contributed by atoms with Crippen molar-refractivity contribution in [2.45, 2.75) is 40.7 Å². The van der Waals surface area contributed by atoms with Crippen LogP contribution in [0.4, 0.5) is 0 Å². The summed E-state index contributed by atoms with van der Waals surface area (Å²) >= 11 is 1.74. The van der Waals surface area contributed by atoms with Gasteiger partial charge in [0.25, 0.3) is 0 Å². The molecule has 2 nitrogen and oxygen atoms in total. The maximum Gasteiger partial charge on any atom is 0.114 e. The lowest BCUT2D eigenvalue weighted by atomic mass is 9.96. The van der Waals surface area contributed by atoms with E-state index >= 15 is 0 Å². The fourth-order valence-electron chi connectivity index (χ4n) is 2.33. The van der Waals surface area contributed by atoms with Crippen LogP contribution >= 0.6 is 11.3 Å². The van der Waals surface area contributed by atoms with Crippen molar-refractivity contribution in [3.05, 3.63) is 50.5 Å². The molecule has 0 bridgehead atoms. The Labute approximate surface area is 119 Å². The Hall–Kier alpha value is -1.19. The van der Waals surface area contributed by atoms with E-state index in [2.05, 4.69) is 62.4 Å². The summed E-state index contributed by atoms with van der Waals surface area (Å²) in [7, 11) is 0. The molecular weight excluding hydrogens is 252 g/mol. The monoisotopic (exact) mass is 274 g/mol. The molecule has 1 atom stereocenters. The smallest absolute Gasteiger partial charge is 0.114 e. The summed E-state index contributed by atoms with van der Waals surface area (Å²) in [6.07, 6.45) is 0. The molecule has 2 aromatic rings. The van der Waals surface area contributed by atoms with Gasteiger partial charge in [0.1, 0.15) is 5.01 Å². The van der Waals surface area contributed by atoms with Gasteiger partial charge in [-0.1, -0.05) is 19.1 Å². The molecule has 3 heteroatoms. The van der Waals surface area contributed by atoms with Gasteiger partial charge in [0.05, 0.1) is 6.04 Å². The molecule has 102 valence electrons. The largest absolute Gasteiger partial charge is 0.305 e. The van der Waals surface area contributed by atoms with Gasteiger partial charge in [-0.3, -0.25) is 0 Å². The zero-order valence-corrected chi connectivity index (χ0v) is 13.2. The first kappa shape index (κ1) is 14.2. The molecule has 19 heavy (non-hydrogen) atoms. The Morgan fingerprint density at radius 1 is 1.11 bits per heavy atom. The van der Waals surface area contributed by atoms with Crippen molar-refractivity contribution >= 4 is 11.3 Å². The molecule has 0 amide bonds. The lowest BCUT2D eigenvalue weighted by Gasteiger charge is -2.19. The number of nitrogens with one attached hydrogen (secondary N) is 1. The van der Waals surface area contributed by atoms with E-state index in [1.807, 2.05) is 0 Å². The van der Waals surface area contributed by atoms with Gasteiger partial charge in [0.2, 0.25) is 0 Å². The summed E-state index contributed by atoms with van der Waals surface area (Å²) in [5.74, 6) is 0. The fraction of sp³-hybridized carbons (Fsp3) is 0.438. The molecule has 0 radical (unpaired) electrons. The van der Waals surface area contributed by atoms with E-state index in [0.717, 1.165) is 17.2 Å². The summed E-state index contributed by atoms with van der Waals surface area (Å²) in [5.41, 5.74) is 6.48. The topological polar surface area (TPSA) is 24.9 Å². The molecule has 2 rings (SSSR count). The molecule has 0 aliphatic carbocycles. The molecule has 1 aromatic heterocycles. The van der Waals surface area contributed by atoms with E-state index in [1.54, 1.807) is 11.3 Å². The van der Waals surface area contributed by atoms with Crippen LogP contribution in [0.3, 0.4) is 0 Å². The Morgan fingerprint density at radius 2 is 1.79 bits per heavy atom. The van der Waals surface area contributed by atoms with Crippen LogP contribution < -0.4 is 5.32 Å². The van der Waals surface area contributed by atoms with Crippen LogP contribution in [0.2, 0.25) is 0 Å². The summed E-state index contributed by atoms with van der Waals surface area (Å²) in [6.45, 7) is 11.7. The number of thiazole rings is 1. The SMILES string of the molecule is CCNC(c1nc(C)cs1)c1cc(C)c(C)cc1C. The van der Waals surface area contributed by atoms with Gasteiger partial charge in [-0.05, 0) is 56.5 Å². The molecule has 0 aliphatic rings. The van der Waals surface area contributed by atoms with Crippen LogP contribution in [0.25, 0.3) is 0 Å². The standard InChI is InChI=1S/C16H22N2S/c1-6-17-15(16-18-13(5)9-19-16)14-8-11(3)10(2)7-12(14)4/h7-9,15,17H,6H2,1-5H3. The van der Waals surface area contributed by atoms with Gasteiger partial charge in [0, 0.05) is 11.1 Å². The third kappa shape index (κ3) is 3.04. The zero-order valence-electron chi connectivity index (χ0n) is 12.4. The first-order valence-electron chi connectivity index (χ1n) is 6.76. The zero-order chi connectivity index (χ0) is 14.0. The number of rotatable bonds is 4. The number of aromatic nitrogens is 1. The second kappa shape index (κ2) is 5.85. The van der Waals surface area contributed by atoms with E-state index < -0.39 is 0 Å². The molecule has 0 aliphatic heterocycles. The Balaban J connectivity index is 2.47. The average Bonchev–Trinajstić information content (AvgIpc) is 2.78. The first-order chi connectivity index (χ1) is 9.02. The van der Waals surface area contributed by atoms with E-state index in [4.69, 9.17) is 0 Å². The Kier molecular flexibility index (Phi) is 4.38. The van der Waals surface area contributed by atoms with Gasteiger partial charge < -0.3 is 5.32 Å². The molecule has 0 fully saturated rings. The summed E-state index contributed by atoms with van der Waals surface area (Å²) < 4.78 is 0. The highest BCUT2D eigenvalue weighted by atomic mass is 32.1. The van der Waals surface area contributed by atoms with Crippen molar-refractivity contribution in [1.82, 2.24) is 10.3 Å².